The molecule has 0 aromatic heterocycles. The number of ketones is 1. The fourth-order valence-corrected chi connectivity index (χ4v) is 2.70. The number of benzene rings is 2. The van der Waals surface area contributed by atoms with Crippen LogP contribution in [0.3, 0.4) is 0 Å². The van der Waals surface area contributed by atoms with Gasteiger partial charge >= 0.3 is 5.97 Å². The van der Waals surface area contributed by atoms with Crippen LogP contribution >= 0.6 is 0 Å². The Morgan fingerprint density at radius 1 is 0.935 bits per heavy atom. The van der Waals surface area contributed by atoms with E-state index in [1.165, 1.54) is 6.92 Å². The van der Waals surface area contributed by atoms with Gasteiger partial charge in [0.2, 0.25) is 0 Å². The van der Waals surface area contributed by atoms with E-state index in [9.17, 15) is 14.4 Å². The molecule has 0 aliphatic rings. The minimum absolute atomic E-state index is 0.00812. The molecule has 0 bridgehead atoms. The lowest BCUT2D eigenvalue weighted by molar-refractivity contribution is -0.154. The molecule has 0 saturated carbocycles. The maximum atomic E-state index is 12.3. The average molecular weight is 427 g/mol. The third kappa shape index (κ3) is 8.12. The molecule has 1 atom stereocenters. The van der Waals surface area contributed by atoms with Gasteiger partial charge in [0.1, 0.15) is 11.5 Å². The highest BCUT2D eigenvalue weighted by Gasteiger charge is 2.18. The first-order chi connectivity index (χ1) is 14.9. The van der Waals surface area contributed by atoms with E-state index in [2.05, 4.69) is 5.32 Å². The first-order valence-corrected chi connectivity index (χ1v) is 10.3. The number of methoxy groups -OCH3 is 1. The highest BCUT2D eigenvalue weighted by molar-refractivity contribution is 5.97. The van der Waals surface area contributed by atoms with Gasteiger partial charge in [0.25, 0.3) is 5.91 Å². The average Bonchev–Trinajstić information content (AvgIpc) is 2.80. The number of nitrogens with one attached hydrogen (secondary N) is 1. The maximum Gasteiger partial charge on any atom is 0.307 e. The van der Waals surface area contributed by atoms with Crippen molar-refractivity contribution in [3.05, 3.63) is 59.7 Å². The number of esters is 1. The van der Waals surface area contributed by atoms with Crippen molar-refractivity contribution in [1.82, 2.24) is 5.32 Å². The van der Waals surface area contributed by atoms with Gasteiger partial charge in [-0.25, -0.2) is 0 Å². The van der Waals surface area contributed by atoms with Crippen molar-refractivity contribution < 1.29 is 28.6 Å². The third-order valence-electron chi connectivity index (χ3n) is 4.51. The van der Waals surface area contributed by atoms with E-state index in [4.69, 9.17) is 14.2 Å². The number of hydrogen-bond acceptors (Lipinski definition) is 6. The topological polar surface area (TPSA) is 90.9 Å². The second kappa shape index (κ2) is 12.4. The monoisotopic (exact) mass is 427 g/mol. The zero-order valence-electron chi connectivity index (χ0n) is 18.2. The first kappa shape index (κ1) is 23.9. The SMILES string of the molecule is CCCOc1ccc(C(=O)CCC(=O)O[C@@H](C)C(=O)NCc2ccc(OC)cc2)cc1. The van der Waals surface area contributed by atoms with E-state index in [-0.39, 0.29) is 18.6 Å². The van der Waals surface area contributed by atoms with Crippen LogP contribution in [0.4, 0.5) is 0 Å². The van der Waals surface area contributed by atoms with Crippen molar-refractivity contribution in [3.63, 3.8) is 0 Å². The summed E-state index contributed by atoms with van der Waals surface area (Å²) >= 11 is 0. The van der Waals surface area contributed by atoms with Crippen LogP contribution in [-0.4, -0.2) is 37.5 Å². The Kier molecular flexibility index (Phi) is 9.55. The minimum atomic E-state index is -0.948. The molecule has 0 saturated heterocycles. The van der Waals surface area contributed by atoms with Crippen LogP contribution in [0.2, 0.25) is 0 Å². The molecule has 1 N–H and O–H groups in total. The van der Waals surface area contributed by atoms with Gasteiger partial charge in [-0.15, -0.1) is 0 Å². The molecule has 1 amide bonds. The Balaban J connectivity index is 1.72. The summed E-state index contributed by atoms with van der Waals surface area (Å²) < 4.78 is 15.7. The van der Waals surface area contributed by atoms with Gasteiger partial charge in [-0.2, -0.15) is 0 Å². The maximum absolute atomic E-state index is 12.3. The van der Waals surface area contributed by atoms with Crippen LogP contribution in [0.15, 0.2) is 48.5 Å². The predicted molar refractivity (Wildman–Crippen MR) is 116 cm³/mol. The molecule has 2 aromatic rings. The van der Waals surface area contributed by atoms with Gasteiger partial charge in [-0.05, 0) is 55.3 Å². The molecule has 0 radical (unpaired) electrons. The molecule has 2 aromatic carbocycles. The van der Waals surface area contributed by atoms with Crippen LogP contribution in [0.5, 0.6) is 11.5 Å². The van der Waals surface area contributed by atoms with Crippen molar-refractivity contribution in [2.75, 3.05) is 13.7 Å². The smallest absolute Gasteiger partial charge is 0.307 e. The number of carbonyl (C=O) groups excluding carboxylic acids is 3. The zero-order chi connectivity index (χ0) is 22.6. The second-order valence-electron chi connectivity index (χ2n) is 6.99. The van der Waals surface area contributed by atoms with E-state index >= 15 is 0 Å². The van der Waals surface area contributed by atoms with Crippen LogP contribution in [0.25, 0.3) is 0 Å². The van der Waals surface area contributed by atoms with E-state index in [0.717, 1.165) is 17.7 Å². The lowest BCUT2D eigenvalue weighted by Crippen LogP contribution is -2.35. The normalized spacial score (nSPS) is 11.3. The molecule has 31 heavy (non-hydrogen) atoms. The Morgan fingerprint density at radius 3 is 2.19 bits per heavy atom. The Morgan fingerprint density at radius 2 is 1.58 bits per heavy atom. The molecule has 0 spiro atoms. The highest BCUT2D eigenvalue weighted by atomic mass is 16.5. The summed E-state index contributed by atoms with van der Waals surface area (Å²) in [4.78, 5) is 36.4. The van der Waals surface area contributed by atoms with Crippen LogP contribution in [0.1, 0.15) is 49.0 Å². The standard InChI is InChI=1S/C24H29NO6/c1-4-15-30-21-11-7-19(8-12-21)22(26)13-14-23(27)31-17(2)24(28)25-16-18-5-9-20(29-3)10-6-18/h5-12,17H,4,13-16H2,1-3H3,(H,25,28)/t17-/m0/s1. The van der Waals surface area contributed by atoms with Crippen LogP contribution in [0, 0.1) is 0 Å². The van der Waals surface area contributed by atoms with Crippen molar-refractivity contribution in [2.45, 2.75) is 45.8 Å². The Labute approximate surface area is 182 Å². The molecule has 0 fully saturated rings. The van der Waals surface area contributed by atoms with Crippen molar-refractivity contribution in [2.24, 2.45) is 0 Å². The van der Waals surface area contributed by atoms with Gasteiger partial charge in [0.15, 0.2) is 11.9 Å². The Bertz CT molecular complexity index is 861. The summed E-state index contributed by atoms with van der Waals surface area (Å²) in [7, 11) is 1.58. The number of carbonyl (C=O) groups is 3. The molecule has 0 heterocycles. The summed E-state index contributed by atoms with van der Waals surface area (Å²) in [5, 5.41) is 2.72. The molecule has 0 unspecified atom stereocenters. The number of ether oxygens (including phenoxy) is 3. The van der Waals surface area contributed by atoms with E-state index < -0.39 is 18.0 Å². The number of rotatable bonds is 12. The summed E-state index contributed by atoms with van der Waals surface area (Å²) in [6, 6.07) is 14.1. The van der Waals surface area contributed by atoms with Crippen molar-refractivity contribution >= 4 is 17.7 Å². The van der Waals surface area contributed by atoms with Crippen molar-refractivity contribution in [3.8, 4) is 11.5 Å². The van der Waals surface area contributed by atoms with Crippen LogP contribution < -0.4 is 14.8 Å². The van der Waals surface area contributed by atoms with E-state index in [1.807, 2.05) is 19.1 Å². The fourth-order valence-electron chi connectivity index (χ4n) is 2.70. The second-order valence-corrected chi connectivity index (χ2v) is 6.99. The summed E-state index contributed by atoms with van der Waals surface area (Å²) in [6.07, 6.45) is -0.131. The Hall–Kier alpha value is -3.35. The van der Waals surface area contributed by atoms with Gasteiger partial charge in [-0.1, -0.05) is 19.1 Å². The number of amides is 1. The molecule has 166 valence electrons. The molecule has 7 heteroatoms. The largest absolute Gasteiger partial charge is 0.497 e. The van der Waals surface area contributed by atoms with E-state index in [1.54, 1.807) is 43.5 Å². The molecule has 7 nitrogen and oxygen atoms in total. The van der Waals surface area contributed by atoms with Gasteiger partial charge in [0.05, 0.1) is 20.1 Å². The number of hydrogen-bond donors (Lipinski definition) is 1. The summed E-state index contributed by atoms with van der Waals surface area (Å²) in [5.41, 5.74) is 1.39. The minimum Gasteiger partial charge on any atom is -0.497 e. The first-order valence-electron chi connectivity index (χ1n) is 10.3. The highest BCUT2D eigenvalue weighted by Crippen LogP contribution is 2.15. The van der Waals surface area contributed by atoms with Crippen molar-refractivity contribution in [1.29, 1.82) is 0 Å². The predicted octanol–water partition coefficient (Wildman–Crippen LogP) is 3.70. The van der Waals surface area contributed by atoms with Gasteiger partial charge in [-0.3, -0.25) is 14.4 Å². The molecular formula is C24H29NO6. The molecule has 2 rings (SSSR count). The lowest BCUT2D eigenvalue weighted by Gasteiger charge is -2.13. The molecular weight excluding hydrogens is 398 g/mol. The summed E-state index contributed by atoms with van der Waals surface area (Å²) in [5.74, 6) is 0.261. The van der Waals surface area contributed by atoms with E-state index in [0.29, 0.717) is 24.5 Å². The third-order valence-corrected chi connectivity index (χ3v) is 4.51. The van der Waals surface area contributed by atoms with Gasteiger partial charge in [0, 0.05) is 18.5 Å². The fraction of sp³-hybridized carbons (Fsp3) is 0.375. The summed E-state index contributed by atoms with van der Waals surface area (Å²) in [6.45, 7) is 4.44. The van der Waals surface area contributed by atoms with Gasteiger partial charge < -0.3 is 19.5 Å². The molecule has 0 aliphatic heterocycles. The van der Waals surface area contributed by atoms with Crippen LogP contribution in [-0.2, 0) is 20.9 Å². The lowest BCUT2D eigenvalue weighted by atomic mass is 10.1. The zero-order valence-corrected chi connectivity index (χ0v) is 18.2. The molecule has 0 aliphatic carbocycles. The number of Topliss-reactive ketones (excluding diaryl/α,β-unsaturated/α-hetero) is 1. The quantitative estimate of drug-likeness (QED) is 0.410.